The van der Waals surface area contributed by atoms with Crippen molar-refractivity contribution < 1.29 is 22.7 Å². The SMILES string of the molecule is Cc1ccc(F)c(C(C)[C@@H](C(=O)O)N2CN(C)c3cc(Cl)cnc3S2(=O)=O)c1C. The van der Waals surface area contributed by atoms with Crippen LogP contribution in [0.1, 0.15) is 29.5 Å². The zero-order valence-corrected chi connectivity index (χ0v) is 17.9. The van der Waals surface area contributed by atoms with E-state index in [9.17, 15) is 22.7 Å². The number of carboxylic acids is 1. The number of aliphatic carboxylic acids is 1. The molecule has 0 amide bonds. The second kappa shape index (κ2) is 7.55. The van der Waals surface area contributed by atoms with Crippen LogP contribution in [0.25, 0.3) is 0 Å². The normalized spacial score (nSPS) is 18.2. The van der Waals surface area contributed by atoms with Gasteiger partial charge < -0.3 is 10.0 Å². The molecule has 29 heavy (non-hydrogen) atoms. The molecule has 1 unspecified atom stereocenters. The van der Waals surface area contributed by atoms with Gasteiger partial charge in [0, 0.05) is 19.2 Å². The first kappa shape index (κ1) is 21.5. The van der Waals surface area contributed by atoms with E-state index in [1.54, 1.807) is 31.9 Å². The molecular weight excluding hydrogens is 421 g/mol. The number of aromatic nitrogens is 1. The molecule has 10 heteroatoms. The molecule has 1 aliphatic heterocycles. The molecule has 156 valence electrons. The van der Waals surface area contributed by atoms with Crippen molar-refractivity contribution in [2.45, 2.75) is 37.8 Å². The highest BCUT2D eigenvalue weighted by Gasteiger charge is 2.46. The van der Waals surface area contributed by atoms with Gasteiger partial charge in [-0.1, -0.05) is 24.6 Å². The number of aryl methyl sites for hydroxylation is 1. The van der Waals surface area contributed by atoms with Crippen LogP contribution in [0.4, 0.5) is 10.1 Å². The first-order chi connectivity index (χ1) is 13.5. The molecule has 2 heterocycles. The van der Waals surface area contributed by atoms with Gasteiger partial charge in [0.1, 0.15) is 11.9 Å². The number of hydrogen-bond acceptors (Lipinski definition) is 5. The Balaban J connectivity index is 2.15. The maximum absolute atomic E-state index is 14.6. The predicted octanol–water partition coefficient (Wildman–Crippen LogP) is 3.15. The minimum absolute atomic E-state index is 0.185. The lowest BCUT2D eigenvalue weighted by Gasteiger charge is -2.39. The summed E-state index contributed by atoms with van der Waals surface area (Å²) >= 11 is 5.93. The zero-order chi connectivity index (χ0) is 21.7. The van der Waals surface area contributed by atoms with Gasteiger partial charge in [-0.05, 0) is 42.7 Å². The summed E-state index contributed by atoms with van der Waals surface area (Å²) in [5.41, 5.74) is 1.85. The lowest BCUT2D eigenvalue weighted by Crippen LogP contribution is -2.54. The van der Waals surface area contributed by atoms with Gasteiger partial charge in [0.05, 0.1) is 17.4 Å². The van der Waals surface area contributed by atoms with E-state index in [0.29, 0.717) is 5.56 Å². The minimum atomic E-state index is -4.25. The molecule has 1 aromatic heterocycles. The van der Waals surface area contributed by atoms with E-state index in [2.05, 4.69) is 4.98 Å². The lowest BCUT2D eigenvalue weighted by atomic mass is 9.87. The first-order valence-electron chi connectivity index (χ1n) is 8.83. The molecule has 1 aromatic carbocycles. The van der Waals surface area contributed by atoms with Crippen molar-refractivity contribution in [3.8, 4) is 0 Å². The standard InChI is InChI=1S/C19H21ClFN3O4S/c1-10-5-6-14(21)16(11(10)2)12(3)17(19(25)26)24-9-23(4)15-7-13(20)8-22-18(15)29(24,27)28/h5-8,12,17H,9H2,1-4H3,(H,25,26)/t12?,17-/m0/s1. The predicted molar refractivity (Wildman–Crippen MR) is 107 cm³/mol. The quantitative estimate of drug-likeness (QED) is 0.783. The Kier molecular flexibility index (Phi) is 5.59. The van der Waals surface area contributed by atoms with Crippen LogP contribution in [0.2, 0.25) is 5.02 Å². The smallest absolute Gasteiger partial charge is 0.322 e. The van der Waals surface area contributed by atoms with Gasteiger partial charge in [-0.25, -0.2) is 17.8 Å². The number of carbonyl (C=O) groups is 1. The highest BCUT2D eigenvalue weighted by atomic mass is 35.5. The molecular formula is C19H21ClFN3O4S. The lowest BCUT2D eigenvalue weighted by molar-refractivity contribution is -0.142. The molecule has 0 saturated heterocycles. The van der Waals surface area contributed by atoms with E-state index in [0.717, 1.165) is 9.87 Å². The molecule has 1 aliphatic rings. The molecule has 0 aliphatic carbocycles. The summed E-state index contributed by atoms with van der Waals surface area (Å²) < 4.78 is 41.9. The number of carboxylic acid groups (broad SMARTS) is 1. The zero-order valence-electron chi connectivity index (χ0n) is 16.3. The number of benzene rings is 1. The number of fused-ring (bicyclic) bond motifs is 1. The fourth-order valence-electron chi connectivity index (χ4n) is 3.71. The molecule has 3 rings (SSSR count). The second-order valence-corrected chi connectivity index (χ2v) is 9.43. The molecule has 0 saturated carbocycles. The number of halogens is 2. The Morgan fingerprint density at radius 2 is 2.00 bits per heavy atom. The summed E-state index contributed by atoms with van der Waals surface area (Å²) in [6.45, 7) is 4.77. The van der Waals surface area contributed by atoms with Crippen LogP contribution in [0, 0.1) is 19.7 Å². The average Bonchev–Trinajstić information content (AvgIpc) is 2.63. The average molecular weight is 442 g/mol. The van der Waals surface area contributed by atoms with Crippen molar-refractivity contribution in [2.24, 2.45) is 0 Å². The van der Waals surface area contributed by atoms with Crippen molar-refractivity contribution in [3.63, 3.8) is 0 Å². The van der Waals surface area contributed by atoms with E-state index in [-0.39, 0.29) is 28.0 Å². The van der Waals surface area contributed by atoms with Crippen molar-refractivity contribution in [3.05, 3.63) is 51.9 Å². The van der Waals surface area contributed by atoms with Crippen LogP contribution in [0.15, 0.2) is 29.4 Å². The molecule has 0 spiro atoms. The van der Waals surface area contributed by atoms with Gasteiger partial charge in [-0.3, -0.25) is 4.79 Å². The Labute approximate surface area is 173 Å². The fraction of sp³-hybridized carbons (Fsp3) is 0.368. The van der Waals surface area contributed by atoms with Gasteiger partial charge in [0.2, 0.25) is 0 Å². The molecule has 7 nitrogen and oxygen atoms in total. The van der Waals surface area contributed by atoms with Crippen LogP contribution in [0.5, 0.6) is 0 Å². The number of anilines is 1. The maximum atomic E-state index is 14.6. The largest absolute Gasteiger partial charge is 0.480 e. The Morgan fingerprint density at radius 1 is 1.34 bits per heavy atom. The summed E-state index contributed by atoms with van der Waals surface area (Å²) in [4.78, 5) is 17.7. The van der Waals surface area contributed by atoms with Crippen LogP contribution in [-0.2, 0) is 14.8 Å². The highest BCUT2D eigenvalue weighted by molar-refractivity contribution is 7.89. The van der Waals surface area contributed by atoms with E-state index in [4.69, 9.17) is 11.6 Å². The molecule has 1 N–H and O–H groups in total. The Bertz CT molecular complexity index is 1090. The number of sulfonamides is 1. The van der Waals surface area contributed by atoms with Crippen LogP contribution >= 0.6 is 11.6 Å². The minimum Gasteiger partial charge on any atom is -0.480 e. The molecule has 2 aromatic rings. The van der Waals surface area contributed by atoms with Crippen LogP contribution in [0.3, 0.4) is 0 Å². The summed E-state index contributed by atoms with van der Waals surface area (Å²) in [7, 11) is -2.64. The molecule has 2 atom stereocenters. The first-order valence-corrected chi connectivity index (χ1v) is 10.7. The number of pyridine rings is 1. The summed E-state index contributed by atoms with van der Waals surface area (Å²) in [5.74, 6) is -2.88. The third-order valence-electron chi connectivity index (χ3n) is 5.34. The van der Waals surface area contributed by atoms with Crippen molar-refractivity contribution in [1.82, 2.24) is 9.29 Å². The second-order valence-electron chi connectivity index (χ2n) is 7.18. The summed E-state index contributed by atoms with van der Waals surface area (Å²) in [6, 6.07) is 2.81. The van der Waals surface area contributed by atoms with E-state index in [1.807, 2.05) is 0 Å². The van der Waals surface area contributed by atoms with Gasteiger partial charge in [-0.2, -0.15) is 4.31 Å². The van der Waals surface area contributed by atoms with E-state index >= 15 is 0 Å². The van der Waals surface area contributed by atoms with E-state index < -0.39 is 33.8 Å². The van der Waals surface area contributed by atoms with Crippen molar-refractivity contribution in [2.75, 3.05) is 18.6 Å². The number of rotatable bonds is 4. The molecule has 0 radical (unpaired) electrons. The third kappa shape index (κ3) is 3.58. The topological polar surface area (TPSA) is 90.8 Å². The van der Waals surface area contributed by atoms with Crippen LogP contribution < -0.4 is 4.90 Å². The van der Waals surface area contributed by atoms with E-state index in [1.165, 1.54) is 25.3 Å². The van der Waals surface area contributed by atoms with Crippen molar-refractivity contribution in [1.29, 1.82) is 0 Å². The molecule has 0 bridgehead atoms. The Morgan fingerprint density at radius 3 is 2.62 bits per heavy atom. The van der Waals surface area contributed by atoms with Crippen molar-refractivity contribution >= 4 is 33.3 Å². The molecule has 0 fully saturated rings. The van der Waals surface area contributed by atoms with Crippen LogP contribution in [-0.4, -0.2) is 48.5 Å². The van der Waals surface area contributed by atoms with Gasteiger partial charge >= 0.3 is 5.97 Å². The maximum Gasteiger partial charge on any atom is 0.322 e. The summed E-state index contributed by atoms with van der Waals surface area (Å²) in [5, 5.41) is 9.91. The fourth-order valence-corrected chi connectivity index (χ4v) is 5.64. The van der Waals surface area contributed by atoms with Gasteiger partial charge in [0.15, 0.2) is 5.03 Å². The number of hydrogen-bond donors (Lipinski definition) is 1. The highest BCUT2D eigenvalue weighted by Crippen LogP contribution is 2.38. The van der Waals surface area contributed by atoms with Gasteiger partial charge in [-0.15, -0.1) is 0 Å². The summed E-state index contributed by atoms with van der Waals surface area (Å²) in [6.07, 6.45) is 1.19. The number of nitrogens with zero attached hydrogens (tertiary/aromatic N) is 3. The van der Waals surface area contributed by atoms with Gasteiger partial charge in [0.25, 0.3) is 10.0 Å². The monoisotopic (exact) mass is 441 g/mol. The third-order valence-corrected chi connectivity index (χ3v) is 7.31. The Hall–Kier alpha value is -2.23.